The van der Waals surface area contributed by atoms with Crippen LogP contribution in [0.2, 0.25) is 0 Å². The number of para-hydroxylation sites is 3. The number of hydrogen-bond acceptors (Lipinski definition) is 3. The van der Waals surface area contributed by atoms with Crippen LogP contribution in [0.3, 0.4) is 0 Å². The number of anilines is 3. The lowest BCUT2D eigenvalue weighted by molar-refractivity contribution is 0.416. The van der Waals surface area contributed by atoms with Gasteiger partial charge in [0.05, 0.1) is 24.2 Å². The van der Waals surface area contributed by atoms with Gasteiger partial charge in [-0.15, -0.1) is 0 Å². The normalized spacial score (nSPS) is 11.7. The lowest BCUT2D eigenvalue weighted by Gasteiger charge is -2.35. The molecule has 10 aromatic rings. The number of rotatable bonds is 8. The largest absolute Gasteiger partial charge is 0.495 e. The quantitative estimate of drug-likeness (QED) is 0.154. The number of fused-ring (bicyclic) bond motifs is 6. The van der Waals surface area contributed by atoms with Crippen molar-refractivity contribution < 1.29 is 9.15 Å². The molecule has 280 valence electrons. The van der Waals surface area contributed by atoms with Crippen LogP contribution in [0.1, 0.15) is 11.1 Å². The smallest absolute Gasteiger partial charge is 0.143 e. The molecule has 0 radical (unpaired) electrons. The first-order valence-corrected chi connectivity index (χ1v) is 20.2. The first-order chi connectivity index (χ1) is 29.3. The summed E-state index contributed by atoms with van der Waals surface area (Å²) in [6.45, 7) is 0. The zero-order valence-corrected chi connectivity index (χ0v) is 32.6. The molecule has 11 rings (SSSR count). The second kappa shape index (κ2) is 14.4. The monoisotopic (exact) mass is 757 g/mol. The van der Waals surface area contributed by atoms with Crippen LogP contribution in [0, 0.1) is 0 Å². The van der Waals surface area contributed by atoms with E-state index in [2.05, 4.69) is 205 Å². The van der Waals surface area contributed by atoms with Gasteiger partial charge in [0.1, 0.15) is 16.9 Å². The van der Waals surface area contributed by atoms with Gasteiger partial charge in [-0.3, -0.25) is 0 Å². The third-order valence-corrected chi connectivity index (χ3v) is 11.8. The van der Waals surface area contributed by atoms with E-state index >= 15 is 0 Å². The first-order valence-electron chi connectivity index (χ1n) is 20.2. The summed E-state index contributed by atoms with van der Waals surface area (Å²) in [5, 5.41) is 2.19. The topological polar surface area (TPSA) is 25.6 Å². The highest BCUT2D eigenvalue weighted by Crippen LogP contribution is 2.58. The Morgan fingerprint density at radius 2 is 1.02 bits per heavy atom. The molecule has 0 bridgehead atoms. The van der Waals surface area contributed by atoms with Crippen molar-refractivity contribution in [3.8, 4) is 61.4 Å². The van der Waals surface area contributed by atoms with Gasteiger partial charge >= 0.3 is 0 Å². The van der Waals surface area contributed by atoms with Gasteiger partial charge in [-0.25, -0.2) is 0 Å². The number of benzene rings is 9. The SMILES string of the molecule is COc1cccc(-c2ccccc2)c1N(c1ccccc1-c1cccc2oc3ccccc3c12)c1c2c(cc(-c3ccccc3)c1-c1ccccc1)-c1ccccc1C2. The molecule has 0 saturated heterocycles. The summed E-state index contributed by atoms with van der Waals surface area (Å²) in [5.74, 6) is 0.779. The maximum atomic E-state index is 6.50. The van der Waals surface area contributed by atoms with Crippen molar-refractivity contribution >= 4 is 39.0 Å². The summed E-state index contributed by atoms with van der Waals surface area (Å²) in [7, 11) is 1.79. The molecule has 1 aliphatic rings. The molecule has 1 aromatic heterocycles. The third-order valence-electron chi connectivity index (χ3n) is 11.8. The fourth-order valence-corrected chi connectivity index (χ4v) is 9.26. The van der Waals surface area contributed by atoms with Crippen LogP contribution < -0.4 is 9.64 Å². The predicted molar refractivity (Wildman–Crippen MR) is 245 cm³/mol. The number of methoxy groups -OCH3 is 1. The fourth-order valence-electron chi connectivity index (χ4n) is 9.26. The van der Waals surface area contributed by atoms with E-state index in [0.29, 0.717) is 0 Å². The van der Waals surface area contributed by atoms with E-state index in [9.17, 15) is 0 Å². The van der Waals surface area contributed by atoms with E-state index < -0.39 is 0 Å². The minimum Gasteiger partial charge on any atom is -0.495 e. The maximum Gasteiger partial charge on any atom is 0.143 e. The van der Waals surface area contributed by atoms with Crippen molar-refractivity contribution in [2.24, 2.45) is 0 Å². The maximum absolute atomic E-state index is 6.50. The zero-order valence-electron chi connectivity index (χ0n) is 32.6. The lowest BCUT2D eigenvalue weighted by Crippen LogP contribution is -2.17. The summed E-state index contributed by atoms with van der Waals surface area (Å²) in [6, 6.07) is 73.8. The minimum atomic E-state index is 0.779. The molecule has 9 aromatic carbocycles. The van der Waals surface area contributed by atoms with Crippen molar-refractivity contribution in [2.75, 3.05) is 12.0 Å². The van der Waals surface area contributed by atoms with E-state index in [-0.39, 0.29) is 0 Å². The molecular formula is C56H39NO2. The summed E-state index contributed by atoms with van der Waals surface area (Å²) >= 11 is 0. The molecule has 0 amide bonds. The number of ether oxygens (including phenoxy) is 1. The Hall–Kier alpha value is -7.62. The van der Waals surface area contributed by atoms with Crippen LogP contribution in [-0.4, -0.2) is 7.11 Å². The van der Waals surface area contributed by atoms with Crippen LogP contribution in [0.5, 0.6) is 5.75 Å². The molecule has 0 unspecified atom stereocenters. The third kappa shape index (κ3) is 5.74. The van der Waals surface area contributed by atoms with Crippen molar-refractivity contribution in [3.63, 3.8) is 0 Å². The van der Waals surface area contributed by atoms with Crippen LogP contribution >= 0.6 is 0 Å². The van der Waals surface area contributed by atoms with Crippen LogP contribution in [0.4, 0.5) is 17.1 Å². The van der Waals surface area contributed by atoms with Gasteiger partial charge in [0, 0.05) is 33.9 Å². The molecule has 59 heavy (non-hydrogen) atoms. The van der Waals surface area contributed by atoms with E-state index in [0.717, 1.165) is 90.1 Å². The molecule has 0 atom stereocenters. The lowest BCUT2D eigenvalue weighted by atomic mass is 9.86. The summed E-state index contributed by atoms with van der Waals surface area (Å²) in [5.41, 5.74) is 19.0. The highest BCUT2D eigenvalue weighted by atomic mass is 16.5. The molecule has 3 nitrogen and oxygen atoms in total. The molecule has 0 spiro atoms. The van der Waals surface area contributed by atoms with Gasteiger partial charge < -0.3 is 14.1 Å². The van der Waals surface area contributed by atoms with Gasteiger partial charge in [0.25, 0.3) is 0 Å². The van der Waals surface area contributed by atoms with Crippen LogP contribution in [0.25, 0.3) is 77.6 Å². The molecule has 1 aliphatic carbocycles. The highest BCUT2D eigenvalue weighted by molar-refractivity contribution is 6.15. The summed E-state index contributed by atoms with van der Waals surface area (Å²) in [4.78, 5) is 2.52. The first kappa shape index (κ1) is 34.6. The second-order valence-electron chi connectivity index (χ2n) is 15.1. The Bertz CT molecular complexity index is 3170. The van der Waals surface area contributed by atoms with Crippen molar-refractivity contribution in [2.45, 2.75) is 6.42 Å². The Morgan fingerprint density at radius 1 is 0.441 bits per heavy atom. The second-order valence-corrected chi connectivity index (χ2v) is 15.1. The van der Waals surface area contributed by atoms with Gasteiger partial charge in [-0.1, -0.05) is 176 Å². The van der Waals surface area contributed by atoms with Gasteiger partial charge in [0.2, 0.25) is 0 Å². The highest BCUT2D eigenvalue weighted by Gasteiger charge is 2.34. The molecule has 1 heterocycles. The number of nitrogens with zero attached hydrogens (tertiary/aromatic N) is 1. The number of hydrogen-bond donors (Lipinski definition) is 0. The van der Waals surface area contributed by atoms with Crippen molar-refractivity contribution in [1.82, 2.24) is 0 Å². The fraction of sp³-hybridized carbons (Fsp3) is 0.0357. The molecule has 0 saturated carbocycles. The zero-order chi connectivity index (χ0) is 39.3. The van der Waals surface area contributed by atoms with Crippen LogP contribution in [0.15, 0.2) is 211 Å². The standard InChI is InChI=1S/C56H39NO2/c1-58-52-34-17-29-42(37-19-5-2-6-20-37)55(52)57(49-31-15-13-27-43(49)44-30-18-33-51-54(44)45-28-14-16-32-50(45)59-51)56-48-35-40-25-11-12-26-41(40)47(48)36-46(38-21-7-3-8-22-38)53(56)39-23-9-4-10-24-39/h2-34,36H,35H2,1H3. The van der Waals surface area contributed by atoms with E-state index in [4.69, 9.17) is 9.15 Å². The van der Waals surface area contributed by atoms with E-state index in [1.807, 2.05) is 6.07 Å². The molecule has 0 aliphatic heterocycles. The molecular weight excluding hydrogens is 719 g/mol. The molecule has 0 fully saturated rings. The van der Waals surface area contributed by atoms with Crippen molar-refractivity contribution in [1.29, 1.82) is 0 Å². The minimum absolute atomic E-state index is 0.779. The molecule has 3 heteroatoms. The Morgan fingerprint density at radius 3 is 1.78 bits per heavy atom. The van der Waals surface area contributed by atoms with Gasteiger partial charge in [0.15, 0.2) is 0 Å². The average molecular weight is 758 g/mol. The van der Waals surface area contributed by atoms with Gasteiger partial charge in [-0.05, 0) is 80.4 Å². The van der Waals surface area contributed by atoms with Crippen molar-refractivity contribution in [3.05, 3.63) is 217 Å². The Balaban J connectivity index is 1.34. The van der Waals surface area contributed by atoms with Gasteiger partial charge in [-0.2, -0.15) is 0 Å². The summed E-state index contributed by atoms with van der Waals surface area (Å²) < 4.78 is 13.0. The Labute approximate surface area is 344 Å². The molecule has 0 N–H and O–H groups in total. The average Bonchev–Trinajstić information content (AvgIpc) is 3.89. The predicted octanol–water partition coefficient (Wildman–Crippen LogP) is 15.3. The number of furan rings is 1. The van der Waals surface area contributed by atoms with E-state index in [1.165, 1.54) is 27.8 Å². The Kier molecular flexibility index (Phi) is 8.45. The van der Waals surface area contributed by atoms with Crippen LogP contribution in [-0.2, 0) is 6.42 Å². The summed E-state index contributed by atoms with van der Waals surface area (Å²) in [6.07, 6.45) is 0.784. The van der Waals surface area contributed by atoms with E-state index in [1.54, 1.807) is 7.11 Å².